The molecule has 2 aliphatic rings. The smallest absolute Gasteiger partial charge is 0.303 e. The van der Waals surface area contributed by atoms with Crippen molar-refractivity contribution in [1.82, 2.24) is 5.01 Å². The van der Waals surface area contributed by atoms with Gasteiger partial charge in [0.25, 0.3) is 5.91 Å². The van der Waals surface area contributed by atoms with E-state index < -0.39 is 5.97 Å². The summed E-state index contributed by atoms with van der Waals surface area (Å²) in [4.78, 5) is 25.7. The Hall–Kier alpha value is -3.81. The number of hydrogen-bond acceptors (Lipinski definition) is 5. The molecule has 1 aliphatic heterocycles. The first kappa shape index (κ1) is 31.2. The summed E-state index contributed by atoms with van der Waals surface area (Å²) in [6, 6.07) is 5.00. The molecule has 1 amide bonds. The third-order valence-electron chi connectivity index (χ3n) is 5.43. The molecule has 3 rings (SSSR count). The van der Waals surface area contributed by atoms with Crippen molar-refractivity contribution in [3.63, 3.8) is 0 Å². The number of hydrogen-bond donors (Lipinski definition) is 2. The third-order valence-corrected chi connectivity index (χ3v) is 5.43. The van der Waals surface area contributed by atoms with Crippen LogP contribution in [0.25, 0.3) is 6.08 Å². The van der Waals surface area contributed by atoms with Crippen molar-refractivity contribution >= 4 is 29.4 Å². The number of aryl methyl sites for hydroxylation is 1. The minimum Gasteiger partial charge on any atom is -0.507 e. The van der Waals surface area contributed by atoms with Gasteiger partial charge in [-0.2, -0.15) is 5.10 Å². The summed E-state index contributed by atoms with van der Waals surface area (Å²) >= 11 is 0. The van der Waals surface area contributed by atoms with Gasteiger partial charge in [-0.1, -0.05) is 55.9 Å². The van der Waals surface area contributed by atoms with Crippen molar-refractivity contribution in [3.8, 4) is 0 Å². The largest absolute Gasteiger partial charge is 0.507 e. The molecular formula is C29H38FN3O4. The second kappa shape index (κ2) is 16.0. The van der Waals surface area contributed by atoms with Crippen LogP contribution in [0.2, 0.25) is 0 Å². The van der Waals surface area contributed by atoms with E-state index in [2.05, 4.69) is 10.1 Å². The van der Waals surface area contributed by atoms with Crippen molar-refractivity contribution in [2.24, 2.45) is 10.1 Å². The highest BCUT2D eigenvalue weighted by molar-refractivity contribution is 6.68. The van der Waals surface area contributed by atoms with Gasteiger partial charge >= 0.3 is 5.97 Å². The summed E-state index contributed by atoms with van der Waals surface area (Å²) in [5.41, 5.74) is 4.12. The van der Waals surface area contributed by atoms with Crippen LogP contribution >= 0.6 is 0 Å². The number of aliphatic hydroxyl groups excluding tert-OH is 1. The summed E-state index contributed by atoms with van der Waals surface area (Å²) in [6.45, 7) is 9.87. The van der Waals surface area contributed by atoms with Gasteiger partial charge in [0.05, 0.1) is 5.71 Å². The Balaban J connectivity index is 0.000000360. The molecule has 0 spiro atoms. The van der Waals surface area contributed by atoms with Crippen LogP contribution in [-0.2, 0) is 9.59 Å². The summed E-state index contributed by atoms with van der Waals surface area (Å²) in [6.07, 6.45) is 11.5. The Morgan fingerprint density at radius 2 is 1.95 bits per heavy atom. The van der Waals surface area contributed by atoms with E-state index in [1.807, 2.05) is 45.9 Å². The number of aliphatic carboxylic acids is 1. The minimum atomic E-state index is -0.869. The average Bonchev–Trinajstić information content (AvgIpc) is 3.03. The number of benzene rings is 1. The predicted octanol–water partition coefficient (Wildman–Crippen LogP) is 6.42. The zero-order valence-electron chi connectivity index (χ0n) is 22.6. The van der Waals surface area contributed by atoms with Gasteiger partial charge in [0.2, 0.25) is 0 Å². The normalized spacial score (nSPS) is 17.4. The number of hydrazone groups is 1. The first-order valence-electron chi connectivity index (χ1n) is 12.4. The zero-order valence-corrected chi connectivity index (χ0v) is 22.6. The van der Waals surface area contributed by atoms with Gasteiger partial charge < -0.3 is 10.2 Å². The van der Waals surface area contributed by atoms with Crippen LogP contribution in [0.4, 0.5) is 4.39 Å². The van der Waals surface area contributed by atoms with Gasteiger partial charge in [0.15, 0.2) is 0 Å². The molecule has 2 N–H and O–H groups in total. The summed E-state index contributed by atoms with van der Waals surface area (Å²) in [5, 5.41) is 23.9. The number of rotatable bonds is 6. The van der Waals surface area contributed by atoms with Crippen LogP contribution in [0.5, 0.6) is 0 Å². The van der Waals surface area contributed by atoms with E-state index in [1.165, 1.54) is 18.1 Å². The van der Waals surface area contributed by atoms with Gasteiger partial charge in [0, 0.05) is 31.1 Å². The molecule has 1 heterocycles. The number of carboxylic acid groups (broad SMARTS) is 1. The summed E-state index contributed by atoms with van der Waals surface area (Å²) in [5.74, 6) is -1.09. The lowest BCUT2D eigenvalue weighted by atomic mass is 10.1. The number of aliphatic imine (C=N–C) groups is 1. The Morgan fingerprint density at radius 3 is 2.54 bits per heavy atom. The van der Waals surface area contributed by atoms with Gasteiger partial charge in [-0.25, -0.2) is 9.40 Å². The van der Waals surface area contributed by atoms with Crippen molar-refractivity contribution in [3.05, 3.63) is 76.4 Å². The topological polar surface area (TPSA) is 103 Å². The quantitative estimate of drug-likeness (QED) is 0.460. The van der Waals surface area contributed by atoms with E-state index in [0.717, 1.165) is 29.6 Å². The first-order chi connectivity index (χ1) is 17.7. The van der Waals surface area contributed by atoms with Gasteiger partial charge in [-0.3, -0.25) is 14.6 Å². The Kier molecular flexibility index (Phi) is 13.5. The number of allylic oxidation sites excluding steroid dienone is 6. The molecule has 0 saturated heterocycles. The maximum Gasteiger partial charge on any atom is 0.303 e. The van der Waals surface area contributed by atoms with Crippen molar-refractivity contribution < 1.29 is 24.2 Å². The van der Waals surface area contributed by atoms with E-state index >= 15 is 0 Å². The molecule has 37 heavy (non-hydrogen) atoms. The Labute approximate surface area is 219 Å². The molecular weight excluding hydrogens is 473 g/mol. The summed E-state index contributed by atoms with van der Waals surface area (Å²) < 4.78 is 13.7. The number of nitrogens with zero attached hydrogens (tertiary/aromatic N) is 3. The Morgan fingerprint density at radius 1 is 1.24 bits per heavy atom. The zero-order chi connectivity index (χ0) is 28.0. The van der Waals surface area contributed by atoms with E-state index in [4.69, 9.17) is 5.11 Å². The molecule has 1 aromatic carbocycles. The maximum atomic E-state index is 13.7. The lowest BCUT2D eigenvalue weighted by Gasteiger charge is -2.09. The number of aliphatic hydroxyl groups is 1. The van der Waals surface area contributed by atoms with Crippen molar-refractivity contribution in [2.45, 2.75) is 60.3 Å². The first-order valence-corrected chi connectivity index (χ1v) is 12.4. The molecule has 0 fully saturated rings. The highest BCUT2D eigenvalue weighted by Gasteiger charge is 2.27. The van der Waals surface area contributed by atoms with Crippen LogP contribution in [0.3, 0.4) is 0 Å². The Bertz CT molecular complexity index is 1140. The van der Waals surface area contributed by atoms with Crippen LogP contribution in [0, 0.1) is 12.7 Å². The number of carbonyl (C=O) groups excluding carboxylic acids is 1. The van der Waals surface area contributed by atoms with Gasteiger partial charge in [0.1, 0.15) is 17.3 Å². The van der Waals surface area contributed by atoms with Crippen molar-refractivity contribution in [1.29, 1.82) is 0 Å². The molecule has 0 unspecified atom stereocenters. The second-order valence-electron chi connectivity index (χ2n) is 8.10. The molecule has 0 saturated carbocycles. The standard InChI is InChI=1S/C18H19FO.C9H13N3O3.C2H6/c1-3-14-6-4-5-7-15(18(14)20)9-10-16-12-13(2)8-11-17(16)19;1-6-8(10-2)9(15)12(11-6)5-3-4-7(13)14;1-2/h3,5,7-12,20H,4,6H2,1-2H3;3-5H2,1-2H3,(H,13,14);1-2H3/b10-9+,14-3+;;. The monoisotopic (exact) mass is 511 g/mol. The van der Waals surface area contributed by atoms with E-state index in [0.29, 0.717) is 30.0 Å². The van der Waals surface area contributed by atoms with Crippen LogP contribution in [0.1, 0.15) is 64.5 Å². The van der Waals surface area contributed by atoms with Crippen LogP contribution in [0.15, 0.2) is 69.5 Å². The third kappa shape index (κ3) is 9.63. The molecule has 0 atom stereocenters. The lowest BCUT2D eigenvalue weighted by Crippen LogP contribution is -2.28. The number of carboxylic acids is 1. The van der Waals surface area contributed by atoms with Gasteiger partial charge in [-0.05, 0) is 57.7 Å². The molecule has 1 aromatic rings. The predicted molar refractivity (Wildman–Crippen MR) is 148 cm³/mol. The van der Waals surface area contributed by atoms with E-state index in [1.54, 1.807) is 31.2 Å². The maximum absolute atomic E-state index is 13.7. The lowest BCUT2D eigenvalue weighted by molar-refractivity contribution is -0.137. The minimum absolute atomic E-state index is 0.0386. The SMILES string of the molecule is C/C=C1\CCC=CC(/C=C/c2cc(C)ccc2F)=C1O.CC.CN=C1C(=O)N(CCCC(=O)O)N=C1C. The average molecular weight is 512 g/mol. The summed E-state index contributed by atoms with van der Waals surface area (Å²) in [7, 11) is 1.53. The van der Waals surface area contributed by atoms with Crippen LogP contribution in [-0.4, -0.2) is 52.1 Å². The molecule has 0 radical (unpaired) electrons. The fourth-order valence-electron chi connectivity index (χ4n) is 3.56. The molecule has 1 aliphatic carbocycles. The number of carbonyl (C=O) groups is 2. The van der Waals surface area contributed by atoms with Crippen LogP contribution < -0.4 is 0 Å². The van der Waals surface area contributed by atoms with Crippen molar-refractivity contribution in [2.75, 3.05) is 13.6 Å². The molecule has 0 aromatic heterocycles. The number of amides is 1. The van der Waals surface area contributed by atoms with E-state index in [-0.39, 0.29) is 23.9 Å². The molecule has 8 heteroatoms. The highest BCUT2D eigenvalue weighted by atomic mass is 19.1. The molecule has 0 bridgehead atoms. The highest BCUT2D eigenvalue weighted by Crippen LogP contribution is 2.24. The fraction of sp³-hybridized carbons (Fsp3) is 0.379. The van der Waals surface area contributed by atoms with E-state index in [9.17, 15) is 19.1 Å². The molecule has 7 nitrogen and oxygen atoms in total. The fourth-order valence-corrected chi connectivity index (χ4v) is 3.56. The number of halogens is 1. The molecule has 200 valence electrons. The van der Waals surface area contributed by atoms with Gasteiger partial charge in [-0.15, -0.1) is 0 Å². The second-order valence-corrected chi connectivity index (χ2v) is 8.10.